The number of nitriles is 2. The number of aromatic hydroxyl groups is 1. The first-order valence-electron chi connectivity index (χ1n) is 4.43. The van der Waals surface area contributed by atoms with Gasteiger partial charge in [0.05, 0.1) is 4.90 Å². The number of nitrogens with zero attached hydrogens (tertiary/aromatic N) is 2. The van der Waals surface area contributed by atoms with Gasteiger partial charge in [0.2, 0.25) is 0 Å². The third-order valence-corrected chi connectivity index (χ3v) is 3.08. The SMILES string of the molecule is CS(=O)(=O)c1ccc(O)c(C=C(C#N)C#N)c1. The summed E-state index contributed by atoms with van der Waals surface area (Å²) in [5, 5.41) is 26.6. The molecule has 0 bridgehead atoms. The molecule has 0 fully saturated rings. The van der Waals surface area contributed by atoms with E-state index in [1.165, 1.54) is 18.2 Å². The zero-order valence-electron chi connectivity index (χ0n) is 8.88. The lowest BCUT2D eigenvalue weighted by Crippen LogP contribution is -1.97. The number of sulfone groups is 1. The van der Waals surface area contributed by atoms with E-state index in [4.69, 9.17) is 10.5 Å². The van der Waals surface area contributed by atoms with E-state index in [2.05, 4.69) is 0 Å². The highest BCUT2D eigenvalue weighted by atomic mass is 32.2. The topological polar surface area (TPSA) is 102 Å². The van der Waals surface area contributed by atoms with Gasteiger partial charge < -0.3 is 5.11 Å². The third-order valence-electron chi connectivity index (χ3n) is 1.97. The van der Waals surface area contributed by atoms with Gasteiger partial charge in [-0.25, -0.2) is 8.42 Å². The molecule has 86 valence electrons. The van der Waals surface area contributed by atoms with E-state index in [1.807, 2.05) is 0 Å². The Labute approximate surface area is 98.8 Å². The molecule has 17 heavy (non-hydrogen) atoms. The average Bonchev–Trinajstić information content (AvgIpc) is 2.26. The first kappa shape index (κ1) is 12.8. The summed E-state index contributed by atoms with van der Waals surface area (Å²) >= 11 is 0. The van der Waals surface area contributed by atoms with Crippen LogP contribution >= 0.6 is 0 Å². The van der Waals surface area contributed by atoms with Gasteiger partial charge in [0.1, 0.15) is 23.5 Å². The molecular formula is C11H8N2O3S. The Hall–Kier alpha value is -2.31. The van der Waals surface area contributed by atoms with Crippen molar-refractivity contribution in [2.24, 2.45) is 0 Å². The van der Waals surface area contributed by atoms with E-state index in [0.717, 1.165) is 12.3 Å². The maximum Gasteiger partial charge on any atom is 0.175 e. The standard InChI is InChI=1S/C11H8N2O3S/c1-17(15,16)10-2-3-11(14)9(5-10)4-8(6-12)7-13/h2-5,14H,1H3. The summed E-state index contributed by atoms with van der Waals surface area (Å²) in [7, 11) is -3.40. The van der Waals surface area contributed by atoms with Crippen LogP contribution in [0.3, 0.4) is 0 Å². The van der Waals surface area contributed by atoms with Gasteiger partial charge in [0.25, 0.3) is 0 Å². The fourth-order valence-electron chi connectivity index (χ4n) is 1.12. The Bertz CT molecular complexity index is 645. The third kappa shape index (κ3) is 3.07. The zero-order chi connectivity index (χ0) is 13.1. The summed E-state index contributed by atoms with van der Waals surface area (Å²) in [4.78, 5) is 0.0109. The van der Waals surface area contributed by atoms with Crippen LogP contribution in [0.2, 0.25) is 0 Å². The molecule has 1 aromatic rings. The molecule has 1 rings (SSSR count). The summed E-state index contributed by atoms with van der Waals surface area (Å²) < 4.78 is 22.6. The Balaban J connectivity index is 3.42. The molecule has 0 aliphatic heterocycles. The second-order valence-corrected chi connectivity index (χ2v) is 5.29. The number of rotatable bonds is 2. The van der Waals surface area contributed by atoms with E-state index < -0.39 is 9.84 Å². The van der Waals surface area contributed by atoms with Crippen LogP contribution in [-0.4, -0.2) is 19.8 Å². The first-order valence-corrected chi connectivity index (χ1v) is 6.32. The van der Waals surface area contributed by atoms with Crippen molar-refractivity contribution in [1.29, 1.82) is 10.5 Å². The molecule has 0 aliphatic carbocycles. The largest absolute Gasteiger partial charge is 0.507 e. The molecule has 1 N–H and O–H groups in total. The lowest BCUT2D eigenvalue weighted by atomic mass is 10.1. The summed E-state index contributed by atoms with van der Waals surface area (Å²) in [5.74, 6) is -0.194. The summed E-state index contributed by atoms with van der Waals surface area (Å²) in [6.45, 7) is 0. The average molecular weight is 248 g/mol. The summed E-state index contributed by atoms with van der Waals surface area (Å²) in [6.07, 6.45) is 2.16. The quantitative estimate of drug-likeness (QED) is 0.793. The van der Waals surface area contributed by atoms with Gasteiger partial charge in [-0.1, -0.05) is 0 Å². The van der Waals surface area contributed by atoms with Crippen molar-refractivity contribution < 1.29 is 13.5 Å². The molecule has 0 spiro atoms. The Morgan fingerprint density at radius 1 is 1.35 bits per heavy atom. The van der Waals surface area contributed by atoms with E-state index in [0.29, 0.717) is 0 Å². The van der Waals surface area contributed by atoms with Crippen molar-refractivity contribution in [1.82, 2.24) is 0 Å². The van der Waals surface area contributed by atoms with Crippen LogP contribution in [0.5, 0.6) is 5.75 Å². The van der Waals surface area contributed by atoms with E-state index in [9.17, 15) is 13.5 Å². The Morgan fingerprint density at radius 2 is 1.94 bits per heavy atom. The smallest absolute Gasteiger partial charge is 0.175 e. The molecule has 0 radical (unpaired) electrons. The molecule has 0 saturated carbocycles. The van der Waals surface area contributed by atoms with Gasteiger partial charge in [-0.3, -0.25) is 0 Å². The van der Waals surface area contributed by atoms with E-state index >= 15 is 0 Å². The minimum atomic E-state index is -3.40. The maximum absolute atomic E-state index is 11.3. The highest BCUT2D eigenvalue weighted by Gasteiger charge is 2.10. The molecule has 5 nitrogen and oxygen atoms in total. The number of allylic oxidation sites excluding steroid dienone is 1. The van der Waals surface area contributed by atoms with Crippen LogP contribution in [-0.2, 0) is 9.84 Å². The van der Waals surface area contributed by atoms with Crippen LogP contribution in [0.4, 0.5) is 0 Å². The Morgan fingerprint density at radius 3 is 2.41 bits per heavy atom. The van der Waals surface area contributed by atoms with Gasteiger partial charge in [0.15, 0.2) is 9.84 Å². The van der Waals surface area contributed by atoms with Gasteiger partial charge in [-0.15, -0.1) is 0 Å². The molecule has 0 aliphatic rings. The number of phenolic OH excluding ortho intramolecular Hbond substituents is 1. The predicted molar refractivity (Wildman–Crippen MR) is 60.4 cm³/mol. The number of hydrogen-bond acceptors (Lipinski definition) is 5. The monoisotopic (exact) mass is 248 g/mol. The minimum Gasteiger partial charge on any atom is -0.507 e. The molecule has 0 heterocycles. The van der Waals surface area contributed by atoms with Crippen LogP contribution < -0.4 is 0 Å². The molecule has 1 aromatic carbocycles. The lowest BCUT2D eigenvalue weighted by Gasteiger charge is -2.02. The molecule has 0 amide bonds. The van der Waals surface area contributed by atoms with Gasteiger partial charge in [-0.2, -0.15) is 10.5 Å². The number of phenols is 1. The van der Waals surface area contributed by atoms with Gasteiger partial charge in [0, 0.05) is 11.8 Å². The summed E-state index contributed by atoms with van der Waals surface area (Å²) in [6, 6.07) is 6.91. The minimum absolute atomic E-state index is 0.0109. The van der Waals surface area contributed by atoms with Crippen LogP contribution in [0.1, 0.15) is 5.56 Å². The van der Waals surface area contributed by atoms with Gasteiger partial charge >= 0.3 is 0 Å². The molecule has 0 unspecified atom stereocenters. The molecule has 6 heteroatoms. The van der Waals surface area contributed by atoms with E-state index in [-0.39, 0.29) is 21.8 Å². The number of benzene rings is 1. The van der Waals surface area contributed by atoms with Gasteiger partial charge in [-0.05, 0) is 24.3 Å². The van der Waals surface area contributed by atoms with Crippen molar-refractivity contribution in [2.75, 3.05) is 6.26 Å². The lowest BCUT2D eigenvalue weighted by molar-refractivity contribution is 0.473. The normalized spacial score (nSPS) is 10.1. The second-order valence-electron chi connectivity index (χ2n) is 3.27. The second kappa shape index (κ2) is 4.69. The fourth-order valence-corrected chi connectivity index (χ4v) is 1.78. The maximum atomic E-state index is 11.3. The predicted octanol–water partition coefficient (Wildman–Crippen LogP) is 1.23. The van der Waals surface area contributed by atoms with Crippen molar-refractivity contribution in [3.05, 3.63) is 29.3 Å². The fraction of sp³-hybridized carbons (Fsp3) is 0.0909. The summed E-state index contributed by atoms with van der Waals surface area (Å²) in [5.41, 5.74) is -0.100. The first-order chi connectivity index (χ1) is 7.88. The van der Waals surface area contributed by atoms with E-state index in [1.54, 1.807) is 12.1 Å². The van der Waals surface area contributed by atoms with Crippen molar-refractivity contribution in [3.8, 4) is 17.9 Å². The molecule has 0 saturated heterocycles. The van der Waals surface area contributed by atoms with Crippen molar-refractivity contribution in [3.63, 3.8) is 0 Å². The van der Waals surface area contributed by atoms with Crippen molar-refractivity contribution in [2.45, 2.75) is 4.90 Å². The van der Waals surface area contributed by atoms with Crippen molar-refractivity contribution >= 4 is 15.9 Å². The van der Waals surface area contributed by atoms with Crippen LogP contribution in [0, 0.1) is 22.7 Å². The Kier molecular flexibility index (Phi) is 3.52. The van der Waals surface area contributed by atoms with Crippen LogP contribution in [0.15, 0.2) is 28.7 Å². The molecule has 0 atom stereocenters. The molecular weight excluding hydrogens is 240 g/mol. The highest BCUT2D eigenvalue weighted by molar-refractivity contribution is 7.90. The highest BCUT2D eigenvalue weighted by Crippen LogP contribution is 2.23. The zero-order valence-corrected chi connectivity index (χ0v) is 9.69. The molecule has 0 aromatic heterocycles. The number of hydrogen-bond donors (Lipinski definition) is 1. The van der Waals surface area contributed by atoms with Crippen LogP contribution in [0.25, 0.3) is 6.08 Å².